The molecule has 2 atom stereocenters. The summed E-state index contributed by atoms with van der Waals surface area (Å²) in [6.45, 7) is 3.93. The maximum absolute atomic E-state index is 11.3. The van der Waals surface area contributed by atoms with Gasteiger partial charge in [0, 0.05) is 6.42 Å². The zero-order chi connectivity index (χ0) is 11.5. The van der Waals surface area contributed by atoms with Gasteiger partial charge in [-0.05, 0) is 13.3 Å². The van der Waals surface area contributed by atoms with E-state index >= 15 is 0 Å². The van der Waals surface area contributed by atoms with Crippen molar-refractivity contribution in [3.05, 3.63) is 0 Å². The first kappa shape index (κ1) is 12.0. The molecule has 1 fully saturated rings. The molecule has 0 spiro atoms. The van der Waals surface area contributed by atoms with Crippen LogP contribution in [0, 0.1) is 5.41 Å². The molecule has 0 radical (unpaired) electrons. The minimum atomic E-state index is -0.997. The highest BCUT2D eigenvalue weighted by Crippen LogP contribution is 2.28. The van der Waals surface area contributed by atoms with Crippen LogP contribution in [0.25, 0.3) is 0 Å². The van der Waals surface area contributed by atoms with Crippen LogP contribution in [-0.4, -0.2) is 36.2 Å². The van der Waals surface area contributed by atoms with Crippen molar-refractivity contribution in [2.24, 2.45) is 5.41 Å². The third-order valence-corrected chi connectivity index (χ3v) is 2.76. The van der Waals surface area contributed by atoms with Gasteiger partial charge in [0.15, 0.2) is 0 Å². The maximum atomic E-state index is 11.3. The number of hydrogen-bond acceptors (Lipinski definition) is 3. The standard InChI is InChI=1S/C10H17NO4/c1-3-4-8(12)11-7-5-15-6-10(7,2)9(13)14/h7H,3-6H2,1-2H3,(H,11,12)(H,13,14). The van der Waals surface area contributed by atoms with Crippen LogP contribution >= 0.6 is 0 Å². The smallest absolute Gasteiger partial charge is 0.313 e. The Hall–Kier alpha value is -1.10. The van der Waals surface area contributed by atoms with Crippen molar-refractivity contribution >= 4 is 11.9 Å². The van der Waals surface area contributed by atoms with E-state index in [-0.39, 0.29) is 19.1 Å². The van der Waals surface area contributed by atoms with Crippen LogP contribution in [0.5, 0.6) is 0 Å². The van der Waals surface area contributed by atoms with Gasteiger partial charge in [0.2, 0.25) is 5.91 Å². The molecule has 0 saturated carbocycles. The Labute approximate surface area is 88.8 Å². The van der Waals surface area contributed by atoms with Gasteiger partial charge in [-0.3, -0.25) is 9.59 Å². The highest BCUT2D eigenvalue weighted by molar-refractivity contribution is 5.80. The number of hydrogen-bond donors (Lipinski definition) is 2. The fraction of sp³-hybridized carbons (Fsp3) is 0.800. The fourth-order valence-electron chi connectivity index (χ4n) is 1.58. The Bertz CT molecular complexity index is 266. The Kier molecular flexibility index (Phi) is 3.68. The molecule has 1 rings (SSSR count). The maximum Gasteiger partial charge on any atom is 0.313 e. The first-order chi connectivity index (χ1) is 7.00. The van der Waals surface area contributed by atoms with E-state index in [0.717, 1.165) is 6.42 Å². The molecule has 0 aromatic rings. The van der Waals surface area contributed by atoms with Crippen LogP contribution in [0.2, 0.25) is 0 Å². The minimum Gasteiger partial charge on any atom is -0.481 e. The number of carbonyl (C=O) groups excluding carboxylic acids is 1. The second-order valence-electron chi connectivity index (χ2n) is 4.11. The molecule has 0 aliphatic carbocycles. The lowest BCUT2D eigenvalue weighted by molar-refractivity contribution is -0.149. The highest BCUT2D eigenvalue weighted by Gasteiger charge is 2.47. The monoisotopic (exact) mass is 215 g/mol. The number of aliphatic carboxylic acids is 1. The molecular weight excluding hydrogens is 198 g/mol. The molecule has 86 valence electrons. The molecule has 1 aliphatic rings. The van der Waals surface area contributed by atoms with E-state index in [9.17, 15) is 9.59 Å². The summed E-state index contributed by atoms with van der Waals surface area (Å²) in [7, 11) is 0. The second-order valence-corrected chi connectivity index (χ2v) is 4.11. The molecule has 1 heterocycles. The first-order valence-electron chi connectivity index (χ1n) is 5.11. The van der Waals surface area contributed by atoms with E-state index < -0.39 is 17.4 Å². The summed E-state index contributed by atoms with van der Waals surface area (Å²) >= 11 is 0. The molecule has 5 heteroatoms. The van der Waals surface area contributed by atoms with Crippen molar-refractivity contribution in [2.45, 2.75) is 32.7 Å². The third kappa shape index (κ3) is 2.47. The number of carbonyl (C=O) groups is 2. The SMILES string of the molecule is CCCC(=O)NC1COCC1(C)C(=O)O. The molecule has 5 nitrogen and oxygen atoms in total. The molecule has 1 amide bonds. The van der Waals surface area contributed by atoms with Crippen LogP contribution in [0.3, 0.4) is 0 Å². The Balaban J connectivity index is 2.61. The number of rotatable bonds is 4. The van der Waals surface area contributed by atoms with Crippen molar-refractivity contribution in [2.75, 3.05) is 13.2 Å². The molecule has 0 bridgehead atoms. The van der Waals surface area contributed by atoms with Gasteiger partial charge in [-0.2, -0.15) is 0 Å². The molecular formula is C10H17NO4. The minimum absolute atomic E-state index is 0.111. The number of carboxylic acid groups (broad SMARTS) is 1. The highest BCUT2D eigenvalue weighted by atomic mass is 16.5. The van der Waals surface area contributed by atoms with Gasteiger partial charge in [0.1, 0.15) is 5.41 Å². The first-order valence-corrected chi connectivity index (χ1v) is 5.11. The molecule has 15 heavy (non-hydrogen) atoms. The summed E-state index contributed by atoms with van der Waals surface area (Å²) in [6, 6.07) is -0.422. The van der Waals surface area contributed by atoms with Gasteiger partial charge in [-0.1, -0.05) is 6.92 Å². The number of ether oxygens (including phenoxy) is 1. The van der Waals surface area contributed by atoms with Gasteiger partial charge in [-0.25, -0.2) is 0 Å². The van der Waals surface area contributed by atoms with Crippen LogP contribution in [0.4, 0.5) is 0 Å². The van der Waals surface area contributed by atoms with Crippen LogP contribution in [0.15, 0.2) is 0 Å². The summed E-state index contributed by atoms with van der Waals surface area (Å²) in [5.41, 5.74) is -0.997. The summed E-state index contributed by atoms with van der Waals surface area (Å²) in [4.78, 5) is 22.4. The van der Waals surface area contributed by atoms with Crippen molar-refractivity contribution in [1.82, 2.24) is 5.32 Å². The average molecular weight is 215 g/mol. The molecule has 0 aromatic heterocycles. The van der Waals surface area contributed by atoms with Gasteiger partial charge >= 0.3 is 5.97 Å². The second kappa shape index (κ2) is 4.61. The van der Waals surface area contributed by atoms with E-state index in [2.05, 4.69) is 5.32 Å². The predicted molar refractivity (Wildman–Crippen MR) is 53.4 cm³/mol. The van der Waals surface area contributed by atoms with Crippen molar-refractivity contribution in [3.8, 4) is 0 Å². The zero-order valence-electron chi connectivity index (χ0n) is 9.08. The Morgan fingerprint density at radius 3 is 2.80 bits per heavy atom. The van der Waals surface area contributed by atoms with Gasteiger partial charge in [0.05, 0.1) is 19.3 Å². The van der Waals surface area contributed by atoms with Gasteiger partial charge in [0.25, 0.3) is 0 Å². The lowest BCUT2D eigenvalue weighted by atomic mass is 9.85. The largest absolute Gasteiger partial charge is 0.481 e. The normalized spacial score (nSPS) is 30.1. The number of nitrogens with one attached hydrogen (secondary N) is 1. The van der Waals surface area contributed by atoms with Gasteiger partial charge in [-0.15, -0.1) is 0 Å². The van der Waals surface area contributed by atoms with Crippen LogP contribution in [-0.2, 0) is 14.3 Å². The van der Waals surface area contributed by atoms with Crippen molar-refractivity contribution < 1.29 is 19.4 Å². The van der Waals surface area contributed by atoms with Crippen LogP contribution in [0.1, 0.15) is 26.7 Å². The van der Waals surface area contributed by atoms with E-state index in [1.54, 1.807) is 6.92 Å². The van der Waals surface area contributed by atoms with E-state index in [1.165, 1.54) is 0 Å². The van der Waals surface area contributed by atoms with E-state index in [1.807, 2.05) is 6.92 Å². The lowest BCUT2D eigenvalue weighted by Crippen LogP contribution is -2.49. The molecule has 1 aliphatic heterocycles. The lowest BCUT2D eigenvalue weighted by Gasteiger charge is -2.25. The fourth-order valence-corrected chi connectivity index (χ4v) is 1.58. The molecule has 0 aromatic carbocycles. The average Bonchev–Trinajstić information content (AvgIpc) is 2.50. The predicted octanol–water partition coefficient (Wildman–Crippen LogP) is 0.392. The summed E-state index contributed by atoms with van der Waals surface area (Å²) in [5, 5.41) is 11.8. The van der Waals surface area contributed by atoms with Crippen LogP contribution < -0.4 is 5.32 Å². The number of amides is 1. The van der Waals surface area contributed by atoms with E-state index in [4.69, 9.17) is 9.84 Å². The quantitative estimate of drug-likeness (QED) is 0.711. The van der Waals surface area contributed by atoms with Crippen molar-refractivity contribution in [1.29, 1.82) is 0 Å². The third-order valence-electron chi connectivity index (χ3n) is 2.76. The summed E-state index contributed by atoms with van der Waals surface area (Å²) < 4.78 is 5.12. The molecule has 2 unspecified atom stereocenters. The summed E-state index contributed by atoms with van der Waals surface area (Å²) in [5.74, 6) is -1.04. The number of carboxylic acids is 1. The Morgan fingerprint density at radius 1 is 1.60 bits per heavy atom. The zero-order valence-corrected chi connectivity index (χ0v) is 9.08. The molecule has 1 saturated heterocycles. The molecule has 2 N–H and O–H groups in total. The topological polar surface area (TPSA) is 75.6 Å². The van der Waals surface area contributed by atoms with Gasteiger partial charge < -0.3 is 15.2 Å². The van der Waals surface area contributed by atoms with E-state index in [0.29, 0.717) is 6.42 Å². The van der Waals surface area contributed by atoms with Crippen molar-refractivity contribution in [3.63, 3.8) is 0 Å². The summed E-state index contributed by atoms with van der Waals surface area (Å²) in [6.07, 6.45) is 1.18. The Morgan fingerprint density at radius 2 is 2.27 bits per heavy atom.